The second-order valence-corrected chi connectivity index (χ2v) is 4.68. The maximum atomic E-state index is 10.5. The molecule has 0 spiro atoms. The summed E-state index contributed by atoms with van der Waals surface area (Å²) in [5, 5.41) is 15.8. The average molecular weight is 242 g/mol. The van der Waals surface area contributed by atoms with Crippen molar-refractivity contribution in [3.8, 4) is 0 Å². The van der Waals surface area contributed by atoms with Gasteiger partial charge in [-0.25, -0.2) is 0 Å². The summed E-state index contributed by atoms with van der Waals surface area (Å²) in [6.07, 6.45) is 4.97. The third kappa shape index (κ3) is 4.72. The van der Waals surface area contributed by atoms with Crippen molar-refractivity contribution in [2.24, 2.45) is 0 Å². The molecule has 0 bridgehead atoms. The number of rotatable bonds is 8. The van der Waals surface area contributed by atoms with E-state index in [2.05, 4.69) is 12.2 Å². The van der Waals surface area contributed by atoms with Crippen LogP contribution in [0, 0.1) is 10.1 Å². The van der Waals surface area contributed by atoms with Gasteiger partial charge in [0.25, 0.3) is 0 Å². The van der Waals surface area contributed by atoms with Crippen LogP contribution in [0.15, 0.2) is 11.4 Å². The Kier molecular flexibility index (Phi) is 6.03. The van der Waals surface area contributed by atoms with Gasteiger partial charge in [-0.1, -0.05) is 37.5 Å². The molecule has 0 aliphatic carbocycles. The summed E-state index contributed by atoms with van der Waals surface area (Å²) in [7, 11) is 0. The molecule has 4 nitrogen and oxygen atoms in total. The Morgan fingerprint density at radius 3 is 2.88 bits per heavy atom. The van der Waals surface area contributed by atoms with E-state index in [1.807, 2.05) is 5.38 Å². The van der Waals surface area contributed by atoms with Crippen LogP contribution in [0.2, 0.25) is 0 Å². The summed E-state index contributed by atoms with van der Waals surface area (Å²) in [4.78, 5) is 10.1. The van der Waals surface area contributed by atoms with Gasteiger partial charge in [0.05, 0.1) is 4.92 Å². The number of nitro groups is 1. The Balaban J connectivity index is 2.14. The topological polar surface area (TPSA) is 55.2 Å². The van der Waals surface area contributed by atoms with Gasteiger partial charge >= 0.3 is 5.00 Å². The molecule has 0 radical (unpaired) electrons. The Morgan fingerprint density at radius 2 is 2.25 bits per heavy atom. The molecule has 0 saturated heterocycles. The van der Waals surface area contributed by atoms with Gasteiger partial charge in [-0.3, -0.25) is 10.1 Å². The monoisotopic (exact) mass is 242 g/mol. The predicted molar refractivity (Wildman–Crippen MR) is 66.8 cm³/mol. The van der Waals surface area contributed by atoms with Gasteiger partial charge in [0.2, 0.25) is 0 Å². The molecule has 1 aromatic heterocycles. The molecule has 0 aromatic carbocycles. The van der Waals surface area contributed by atoms with Crippen molar-refractivity contribution in [2.45, 2.75) is 39.2 Å². The summed E-state index contributed by atoms with van der Waals surface area (Å²) in [5.74, 6) is 0. The lowest BCUT2D eigenvalue weighted by atomic mass is 10.2. The van der Waals surface area contributed by atoms with Crippen LogP contribution in [-0.2, 0) is 6.54 Å². The van der Waals surface area contributed by atoms with Crippen LogP contribution < -0.4 is 5.32 Å². The molecule has 0 fully saturated rings. The van der Waals surface area contributed by atoms with E-state index in [1.54, 1.807) is 6.07 Å². The van der Waals surface area contributed by atoms with Crippen LogP contribution in [0.25, 0.3) is 0 Å². The van der Waals surface area contributed by atoms with E-state index in [-0.39, 0.29) is 9.92 Å². The molecule has 0 aliphatic heterocycles. The lowest BCUT2D eigenvalue weighted by Crippen LogP contribution is -2.14. The first kappa shape index (κ1) is 13.1. The smallest absolute Gasteiger partial charge is 0.313 e. The fourth-order valence-electron chi connectivity index (χ4n) is 1.46. The Bertz CT molecular complexity index is 326. The molecule has 0 saturated carbocycles. The SMILES string of the molecule is CCCCCCNCc1csc([N+](=O)[O-])c1. The standard InChI is InChI=1S/C11H18N2O2S/c1-2-3-4-5-6-12-8-10-7-11(13(14)15)16-9-10/h7,9,12H,2-6,8H2,1H3. The van der Waals surface area contributed by atoms with E-state index in [0.717, 1.165) is 18.7 Å². The highest BCUT2D eigenvalue weighted by Crippen LogP contribution is 2.22. The molecule has 1 rings (SSSR count). The fraction of sp³-hybridized carbons (Fsp3) is 0.636. The number of nitrogens with zero attached hydrogens (tertiary/aromatic N) is 1. The largest absolute Gasteiger partial charge is 0.324 e. The van der Waals surface area contributed by atoms with Gasteiger partial charge < -0.3 is 5.32 Å². The second-order valence-electron chi connectivity index (χ2n) is 3.79. The highest BCUT2D eigenvalue weighted by atomic mass is 32.1. The third-order valence-corrected chi connectivity index (χ3v) is 3.29. The van der Waals surface area contributed by atoms with Crippen LogP contribution in [0.4, 0.5) is 5.00 Å². The van der Waals surface area contributed by atoms with Crippen molar-refractivity contribution in [3.05, 3.63) is 27.1 Å². The zero-order chi connectivity index (χ0) is 11.8. The minimum Gasteiger partial charge on any atom is -0.313 e. The zero-order valence-corrected chi connectivity index (χ0v) is 10.4. The summed E-state index contributed by atoms with van der Waals surface area (Å²) in [6, 6.07) is 1.64. The van der Waals surface area contributed by atoms with Gasteiger partial charge in [-0.2, -0.15) is 0 Å². The number of nitrogens with one attached hydrogen (secondary N) is 1. The summed E-state index contributed by atoms with van der Waals surface area (Å²) >= 11 is 1.19. The van der Waals surface area contributed by atoms with Crippen LogP contribution in [0.5, 0.6) is 0 Å². The van der Waals surface area contributed by atoms with Crippen molar-refractivity contribution >= 4 is 16.3 Å². The van der Waals surface area contributed by atoms with Crippen molar-refractivity contribution in [1.82, 2.24) is 5.32 Å². The minimum absolute atomic E-state index is 0.225. The molecule has 1 heterocycles. The van der Waals surface area contributed by atoms with Crippen LogP contribution in [0.1, 0.15) is 38.2 Å². The second kappa shape index (κ2) is 7.35. The van der Waals surface area contributed by atoms with E-state index < -0.39 is 0 Å². The maximum Gasteiger partial charge on any atom is 0.324 e. The first-order valence-corrected chi connectivity index (χ1v) is 6.54. The van der Waals surface area contributed by atoms with Crippen LogP contribution in [0.3, 0.4) is 0 Å². The van der Waals surface area contributed by atoms with Crippen molar-refractivity contribution in [2.75, 3.05) is 6.54 Å². The normalized spacial score (nSPS) is 10.6. The van der Waals surface area contributed by atoms with Gasteiger partial charge in [0.1, 0.15) is 0 Å². The lowest BCUT2D eigenvalue weighted by Gasteiger charge is -2.01. The maximum absolute atomic E-state index is 10.5. The van der Waals surface area contributed by atoms with E-state index in [0.29, 0.717) is 0 Å². The van der Waals surface area contributed by atoms with Crippen molar-refractivity contribution in [3.63, 3.8) is 0 Å². The molecular formula is C11H18N2O2S. The third-order valence-electron chi connectivity index (χ3n) is 2.36. The quantitative estimate of drug-likeness (QED) is 0.432. The molecule has 16 heavy (non-hydrogen) atoms. The summed E-state index contributed by atoms with van der Waals surface area (Å²) in [5.41, 5.74) is 1.01. The van der Waals surface area contributed by atoms with Gasteiger partial charge in [-0.05, 0) is 18.5 Å². The number of unbranched alkanes of at least 4 members (excludes halogenated alkanes) is 3. The van der Waals surface area contributed by atoms with Gasteiger partial charge in [0.15, 0.2) is 0 Å². The number of thiophene rings is 1. The first-order chi connectivity index (χ1) is 7.74. The molecule has 5 heteroatoms. The predicted octanol–water partition coefficient (Wildman–Crippen LogP) is 3.33. The molecule has 0 atom stereocenters. The fourth-order valence-corrected chi connectivity index (χ4v) is 2.19. The van der Waals surface area contributed by atoms with E-state index in [1.165, 1.54) is 37.0 Å². The molecule has 1 N–H and O–H groups in total. The lowest BCUT2D eigenvalue weighted by molar-refractivity contribution is -0.380. The van der Waals surface area contributed by atoms with Gasteiger partial charge in [-0.15, -0.1) is 0 Å². The van der Waals surface area contributed by atoms with E-state index in [4.69, 9.17) is 0 Å². The molecule has 0 amide bonds. The molecule has 1 aromatic rings. The van der Waals surface area contributed by atoms with E-state index in [9.17, 15) is 10.1 Å². The Morgan fingerprint density at radius 1 is 1.44 bits per heavy atom. The van der Waals surface area contributed by atoms with Gasteiger partial charge in [0, 0.05) is 18.0 Å². The average Bonchev–Trinajstić information content (AvgIpc) is 2.72. The van der Waals surface area contributed by atoms with E-state index >= 15 is 0 Å². The summed E-state index contributed by atoms with van der Waals surface area (Å²) < 4.78 is 0. The Labute approximate surface area is 99.8 Å². The highest BCUT2D eigenvalue weighted by molar-refractivity contribution is 7.13. The van der Waals surface area contributed by atoms with Crippen LogP contribution in [-0.4, -0.2) is 11.5 Å². The first-order valence-electron chi connectivity index (χ1n) is 5.66. The number of hydrogen-bond donors (Lipinski definition) is 1. The van der Waals surface area contributed by atoms with Crippen molar-refractivity contribution in [1.29, 1.82) is 0 Å². The zero-order valence-electron chi connectivity index (χ0n) is 9.57. The van der Waals surface area contributed by atoms with Crippen LogP contribution >= 0.6 is 11.3 Å². The summed E-state index contributed by atoms with van der Waals surface area (Å²) in [6.45, 7) is 3.91. The number of hydrogen-bond acceptors (Lipinski definition) is 4. The molecular weight excluding hydrogens is 224 g/mol. The highest BCUT2D eigenvalue weighted by Gasteiger charge is 2.08. The Hall–Kier alpha value is -0.940. The van der Waals surface area contributed by atoms with Crippen molar-refractivity contribution < 1.29 is 4.92 Å². The molecule has 90 valence electrons. The molecule has 0 aliphatic rings. The minimum atomic E-state index is -0.338. The molecule has 0 unspecified atom stereocenters.